The van der Waals surface area contributed by atoms with Gasteiger partial charge in [-0.3, -0.25) is 9.80 Å². The van der Waals surface area contributed by atoms with Gasteiger partial charge in [-0.05, 0) is 12.5 Å². The second kappa shape index (κ2) is 8.37. The number of nitrogens with zero attached hydrogens (tertiary/aromatic N) is 4. The van der Waals surface area contributed by atoms with Crippen molar-refractivity contribution in [2.75, 3.05) is 39.9 Å². The summed E-state index contributed by atoms with van der Waals surface area (Å²) < 4.78 is 11.0. The van der Waals surface area contributed by atoms with E-state index >= 15 is 0 Å². The van der Waals surface area contributed by atoms with Gasteiger partial charge in [0.2, 0.25) is 11.8 Å². The summed E-state index contributed by atoms with van der Waals surface area (Å²) in [5.74, 6) is 1.39. The van der Waals surface area contributed by atoms with Crippen LogP contribution in [0.2, 0.25) is 0 Å². The second-order valence-electron chi connectivity index (χ2n) is 6.36. The van der Waals surface area contributed by atoms with Crippen LogP contribution in [-0.2, 0) is 17.7 Å². The fourth-order valence-corrected chi connectivity index (χ4v) is 3.14. The molecule has 1 atom stereocenters. The first-order chi connectivity index (χ1) is 11.7. The highest BCUT2D eigenvalue weighted by atomic mass is 16.5. The summed E-state index contributed by atoms with van der Waals surface area (Å²) in [5.41, 5.74) is 1.19. The van der Waals surface area contributed by atoms with Gasteiger partial charge in [-0.2, -0.15) is 0 Å². The SMILES string of the molecule is COCCN1CCN(Cc2nnc(Cc3ccccc3)o2)C[C@@H]1C. The Bertz CT molecular complexity index is 616. The molecule has 2 heterocycles. The number of ether oxygens (including phenoxy) is 1. The molecule has 6 heteroatoms. The lowest BCUT2D eigenvalue weighted by molar-refractivity contribution is 0.0520. The fraction of sp³-hybridized carbons (Fsp3) is 0.556. The lowest BCUT2D eigenvalue weighted by Crippen LogP contribution is -2.52. The van der Waals surface area contributed by atoms with Crippen molar-refractivity contribution in [3.8, 4) is 0 Å². The van der Waals surface area contributed by atoms with Crippen molar-refractivity contribution in [3.63, 3.8) is 0 Å². The Morgan fingerprint density at radius 3 is 2.71 bits per heavy atom. The van der Waals surface area contributed by atoms with E-state index in [1.807, 2.05) is 18.2 Å². The Labute approximate surface area is 143 Å². The van der Waals surface area contributed by atoms with Gasteiger partial charge < -0.3 is 9.15 Å². The zero-order valence-electron chi connectivity index (χ0n) is 14.5. The van der Waals surface area contributed by atoms with E-state index in [1.54, 1.807) is 7.11 Å². The number of hydrogen-bond donors (Lipinski definition) is 0. The van der Waals surface area contributed by atoms with Gasteiger partial charge in [0.1, 0.15) is 0 Å². The second-order valence-corrected chi connectivity index (χ2v) is 6.36. The molecule has 0 bridgehead atoms. The highest BCUT2D eigenvalue weighted by Crippen LogP contribution is 2.14. The number of hydrogen-bond acceptors (Lipinski definition) is 6. The van der Waals surface area contributed by atoms with E-state index in [-0.39, 0.29) is 0 Å². The Kier molecular flexibility index (Phi) is 5.96. The van der Waals surface area contributed by atoms with Gasteiger partial charge in [0.05, 0.1) is 19.6 Å². The monoisotopic (exact) mass is 330 g/mol. The van der Waals surface area contributed by atoms with E-state index in [2.05, 4.69) is 39.1 Å². The van der Waals surface area contributed by atoms with Gasteiger partial charge >= 0.3 is 0 Å². The van der Waals surface area contributed by atoms with Crippen molar-refractivity contribution in [2.24, 2.45) is 0 Å². The topological polar surface area (TPSA) is 54.6 Å². The summed E-state index contributed by atoms with van der Waals surface area (Å²) in [6, 6.07) is 10.7. The zero-order valence-corrected chi connectivity index (χ0v) is 14.5. The molecule has 1 saturated heterocycles. The maximum atomic E-state index is 5.82. The standard InChI is InChI=1S/C18H26N4O2/c1-15-13-21(8-9-22(15)10-11-23-2)14-18-20-19-17(24-18)12-16-6-4-3-5-7-16/h3-7,15H,8-14H2,1-2H3/t15-/m0/s1. The Morgan fingerprint density at radius 1 is 1.17 bits per heavy atom. The Morgan fingerprint density at radius 2 is 1.96 bits per heavy atom. The highest BCUT2D eigenvalue weighted by Gasteiger charge is 2.24. The van der Waals surface area contributed by atoms with Crippen molar-refractivity contribution < 1.29 is 9.15 Å². The molecule has 0 amide bonds. The summed E-state index contributed by atoms with van der Waals surface area (Å²) in [7, 11) is 1.75. The minimum absolute atomic E-state index is 0.514. The van der Waals surface area contributed by atoms with E-state index < -0.39 is 0 Å². The van der Waals surface area contributed by atoms with E-state index in [4.69, 9.17) is 9.15 Å². The predicted octanol–water partition coefficient (Wildman–Crippen LogP) is 1.81. The first-order valence-corrected chi connectivity index (χ1v) is 8.55. The molecule has 1 aliphatic heterocycles. The molecular weight excluding hydrogens is 304 g/mol. The first kappa shape index (κ1) is 17.1. The van der Waals surface area contributed by atoms with Gasteiger partial charge in [0.25, 0.3) is 0 Å². The van der Waals surface area contributed by atoms with Gasteiger partial charge in [0, 0.05) is 39.3 Å². The third-order valence-corrected chi connectivity index (χ3v) is 4.50. The van der Waals surface area contributed by atoms with E-state index in [9.17, 15) is 0 Å². The zero-order chi connectivity index (χ0) is 16.8. The fourth-order valence-electron chi connectivity index (χ4n) is 3.14. The minimum Gasteiger partial charge on any atom is -0.424 e. The molecule has 1 aromatic carbocycles. The molecule has 0 spiro atoms. The van der Waals surface area contributed by atoms with Crippen molar-refractivity contribution in [1.29, 1.82) is 0 Å². The van der Waals surface area contributed by atoms with Crippen LogP contribution in [-0.4, -0.2) is 65.9 Å². The Balaban J connectivity index is 1.50. The minimum atomic E-state index is 0.514. The lowest BCUT2D eigenvalue weighted by Gasteiger charge is -2.39. The van der Waals surface area contributed by atoms with Crippen LogP contribution in [0.1, 0.15) is 24.3 Å². The molecule has 1 fully saturated rings. The summed E-state index contributed by atoms with van der Waals surface area (Å²) in [4.78, 5) is 4.85. The lowest BCUT2D eigenvalue weighted by atomic mass is 10.2. The molecule has 0 aliphatic carbocycles. The molecular formula is C18H26N4O2. The van der Waals surface area contributed by atoms with Gasteiger partial charge in [-0.15, -0.1) is 10.2 Å². The molecule has 24 heavy (non-hydrogen) atoms. The van der Waals surface area contributed by atoms with Crippen molar-refractivity contribution in [3.05, 3.63) is 47.7 Å². The molecule has 0 unspecified atom stereocenters. The van der Waals surface area contributed by atoms with Crippen molar-refractivity contribution in [1.82, 2.24) is 20.0 Å². The van der Waals surface area contributed by atoms with Gasteiger partial charge in [-0.1, -0.05) is 30.3 Å². The molecule has 0 saturated carbocycles. The molecule has 1 aromatic heterocycles. The maximum absolute atomic E-state index is 5.82. The molecule has 0 N–H and O–H groups in total. The van der Waals surface area contributed by atoms with Gasteiger partial charge in [0.15, 0.2) is 0 Å². The number of methoxy groups -OCH3 is 1. The highest BCUT2D eigenvalue weighted by molar-refractivity contribution is 5.17. The van der Waals surface area contributed by atoms with E-state index in [0.29, 0.717) is 24.2 Å². The van der Waals surface area contributed by atoms with Crippen molar-refractivity contribution >= 4 is 0 Å². The molecule has 2 aromatic rings. The number of benzene rings is 1. The van der Waals surface area contributed by atoms with E-state index in [0.717, 1.165) is 39.3 Å². The summed E-state index contributed by atoms with van der Waals surface area (Å²) in [6.07, 6.45) is 0.690. The average Bonchev–Trinajstić information content (AvgIpc) is 3.02. The normalized spacial score (nSPS) is 19.7. The first-order valence-electron chi connectivity index (χ1n) is 8.55. The van der Waals surface area contributed by atoms with Crippen molar-refractivity contribution in [2.45, 2.75) is 25.9 Å². The van der Waals surface area contributed by atoms with Crippen LogP contribution in [0.5, 0.6) is 0 Å². The van der Waals surface area contributed by atoms with Crippen LogP contribution < -0.4 is 0 Å². The van der Waals surface area contributed by atoms with Crippen LogP contribution in [0.4, 0.5) is 0 Å². The molecule has 6 nitrogen and oxygen atoms in total. The van der Waals surface area contributed by atoms with Crippen LogP contribution in [0.3, 0.4) is 0 Å². The summed E-state index contributed by atoms with van der Waals surface area (Å²) >= 11 is 0. The number of aromatic nitrogens is 2. The van der Waals surface area contributed by atoms with E-state index in [1.165, 1.54) is 5.56 Å². The quantitative estimate of drug-likeness (QED) is 0.772. The van der Waals surface area contributed by atoms with Gasteiger partial charge in [-0.25, -0.2) is 0 Å². The van der Waals surface area contributed by atoms with Crippen LogP contribution in [0.25, 0.3) is 0 Å². The largest absolute Gasteiger partial charge is 0.424 e. The van der Waals surface area contributed by atoms with Crippen LogP contribution in [0, 0.1) is 0 Å². The maximum Gasteiger partial charge on any atom is 0.230 e. The number of rotatable bonds is 7. The summed E-state index contributed by atoms with van der Waals surface area (Å²) in [6.45, 7) is 7.85. The smallest absolute Gasteiger partial charge is 0.230 e. The number of piperazine rings is 1. The predicted molar refractivity (Wildman–Crippen MR) is 91.7 cm³/mol. The molecule has 3 rings (SSSR count). The summed E-state index contributed by atoms with van der Waals surface area (Å²) in [5, 5.41) is 8.39. The van der Waals surface area contributed by atoms with Crippen LogP contribution >= 0.6 is 0 Å². The molecule has 0 radical (unpaired) electrons. The average molecular weight is 330 g/mol. The molecule has 1 aliphatic rings. The third kappa shape index (κ3) is 4.63. The van der Waals surface area contributed by atoms with Crippen LogP contribution in [0.15, 0.2) is 34.7 Å². The third-order valence-electron chi connectivity index (χ3n) is 4.50. The Hall–Kier alpha value is -1.76. The molecule has 130 valence electrons.